The van der Waals surface area contributed by atoms with Gasteiger partial charge in [0.25, 0.3) is 0 Å². The Morgan fingerprint density at radius 3 is 2.29 bits per heavy atom. The van der Waals surface area contributed by atoms with Crippen molar-refractivity contribution in [1.29, 1.82) is 5.26 Å². The molecule has 0 heterocycles. The summed E-state index contributed by atoms with van der Waals surface area (Å²) in [6.07, 6.45) is 7.42. The summed E-state index contributed by atoms with van der Waals surface area (Å²) in [6, 6.07) is 7.48. The number of nitrogens with zero attached hydrogens (tertiary/aromatic N) is 1. The van der Waals surface area contributed by atoms with Gasteiger partial charge in [-0.2, -0.15) is 5.26 Å². The minimum absolute atomic E-state index is 0.396. The first-order chi connectivity index (χ1) is 8.08. The number of hydrogen-bond acceptors (Lipinski definition) is 2. The maximum atomic E-state index is 12.9. The Kier molecular flexibility index (Phi) is 2.65. The highest BCUT2D eigenvalue weighted by molar-refractivity contribution is 5.38. The number of hydrogen-bond donors (Lipinski definition) is 1. The van der Waals surface area contributed by atoms with E-state index >= 15 is 0 Å². The first kappa shape index (κ1) is 11.6. The molecule has 0 aliphatic heterocycles. The van der Waals surface area contributed by atoms with Gasteiger partial charge in [0, 0.05) is 0 Å². The maximum Gasteiger partial charge on any atom is 0.169 e. The first-order valence-electron chi connectivity index (χ1n) is 5.45. The molecule has 0 saturated heterocycles. The van der Waals surface area contributed by atoms with Crippen LogP contribution in [0.5, 0.6) is 0 Å². The highest BCUT2D eigenvalue weighted by Crippen LogP contribution is 2.53. The Labute approximate surface area is 99.7 Å². The van der Waals surface area contributed by atoms with E-state index in [0.717, 1.165) is 6.42 Å². The average molecular weight is 229 g/mol. The molecule has 17 heavy (non-hydrogen) atoms. The summed E-state index contributed by atoms with van der Waals surface area (Å²) in [4.78, 5) is 0. The summed E-state index contributed by atoms with van der Waals surface area (Å²) in [7, 11) is 0. The predicted octanol–water partition coefficient (Wildman–Crippen LogP) is 2.34. The summed E-state index contributed by atoms with van der Waals surface area (Å²) in [5.74, 6) is 1.92. The summed E-state index contributed by atoms with van der Waals surface area (Å²) in [5, 5.41) is 19.8. The van der Waals surface area contributed by atoms with E-state index in [1.165, 1.54) is 24.3 Å². The quantitative estimate of drug-likeness (QED) is 0.791. The molecule has 86 valence electrons. The van der Waals surface area contributed by atoms with Crippen molar-refractivity contribution in [3.05, 3.63) is 35.6 Å². The fourth-order valence-corrected chi connectivity index (χ4v) is 2.27. The van der Waals surface area contributed by atoms with Crippen LogP contribution in [0.4, 0.5) is 4.39 Å². The van der Waals surface area contributed by atoms with Gasteiger partial charge in [-0.25, -0.2) is 4.39 Å². The highest BCUT2D eigenvalue weighted by atomic mass is 19.1. The molecule has 1 saturated carbocycles. The Hall–Kier alpha value is -1.84. The third-order valence-electron chi connectivity index (χ3n) is 3.58. The van der Waals surface area contributed by atoms with E-state index in [4.69, 9.17) is 6.42 Å². The number of aliphatic hydroxyl groups is 1. The molecule has 1 fully saturated rings. The van der Waals surface area contributed by atoms with E-state index in [2.05, 4.69) is 12.0 Å². The zero-order valence-corrected chi connectivity index (χ0v) is 9.28. The van der Waals surface area contributed by atoms with Crippen molar-refractivity contribution < 1.29 is 9.50 Å². The second-order valence-corrected chi connectivity index (χ2v) is 4.41. The Balaban J connectivity index is 2.49. The second kappa shape index (κ2) is 3.87. The van der Waals surface area contributed by atoms with E-state index < -0.39 is 16.8 Å². The van der Waals surface area contributed by atoms with Crippen LogP contribution in [0, 0.1) is 34.9 Å². The van der Waals surface area contributed by atoms with Gasteiger partial charge in [-0.1, -0.05) is 18.1 Å². The van der Waals surface area contributed by atoms with Crippen molar-refractivity contribution in [1.82, 2.24) is 0 Å². The lowest BCUT2D eigenvalue weighted by Crippen LogP contribution is -2.48. The predicted molar refractivity (Wildman–Crippen MR) is 61.0 cm³/mol. The maximum absolute atomic E-state index is 12.9. The molecule has 2 nitrogen and oxygen atoms in total. The molecular weight excluding hydrogens is 217 g/mol. The highest BCUT2D eigenvalue weighted by Gasteiger charge is 2.55. The number of halogens is 1. The monoisotopic (exact) mass is 229 g/mol. The third-order valence-corrected chi connectivity index (χ3v) is 3.58. The number of terminal acetylenes is 1. The fraction of sp³-hybridized carbons (Fsp3) is 0.357. The summed E-state index contributed by atoms with van der Waals surface area (Å²) in [6.45, 7) is 0. The lowest BCUT2D eigenvalue weighted by Gasteiger charge is -2.45. The normalized spacial score (nSPS) is 20.5. The topological polar surface area (TPSA) is 44.0 Å². The van der Waals surface area contributed by atoms with Gasteiger partial charge < -0.3 is 5.11 Å². The smallest absolute Gasteiger partial charge is 0.169 e. The molecular formula is C14H12FNO. The molecule has 0 amide bonds. The van der Waals surface area contributed by atoms with E-state index in [0.29, 0.717) is 18.4 Å². The minimum Gasteiger partial charge on any atom is -0.372 e. The van der Waals surface area contributed by atoms with Gasteiger partial charge in [-0.3, -0.25) is 0 Å². The van der Waals surface area contributed by atoms with Crippen molar-refractivity contribution in [2.24, 2.45) is 5.41 Å². The lowest BCUT2D eigenvalue weighted by atomic mass is 9.58. The van der Waals surface area contributed by atoms with E-state index in [-0.39, 0.29) is 0 Å². The Morgan fingerprint density at radius 1 is 1.35 bits per heavy atom. The summed E-state index contributed by atoms with van der Waals surface area (Å²) >= 11 is 0. The molecule has 0 unspecified atom stereocenters. The van der Waals surface area contributed by atoms with E-state index in [1.807, 2.05) is 0 Å². The molecule has 1 aromatic carbocycles. The van der Waals surface area contributed by atoms with Crippen molar-refractivity contribution >= 4 is 0 Å². The van der Waals surface area contributed by atoms with E-state index in [1.54, 1.807) is 0 Å². The van der Waals surface area contributed by atoms with Crippen LogP contribution in [-0.2, 0) is 5.60 Å². The van der Waals surface area contributed by atoms with Gasteiger partial charge >= 0.3 is 0 Å². The van der Waals surface area contributed by atoms with E-state index in [9.17, 15) is 14.8 Å². The third kappa shape index (κ3) is 1.52. The van der Waals surface area contributed by atoms with Crippen LogP contribution >= 0.6 is 0 Å². The number of benzene rings is 1. The zero-order valence-electron chi connectivity index (χ0n) is 9.28. The van der Waals surface area contributed by atoms with Crippen molar-refractivity contribution in [2.75, 3.05) is 0 Å². The molecule has 0 bridgehead atoms. The minimum atomic E-state index is -1.63. The number of rotatable bonds is 2. The van der Waals surface area contributed by atoms with Crippen LogP contribution in [0.25, 0.3) is 0 Å². The van der Waals surface area contributed by atoms with Crippen LogP contribution in [0.3, 0.4) is 0 Å². The Morgan fingerprint density at radius 2 is 1.94 bits per heavy atom. The second-order valence-electron chi connectivity index (χ2n) is 4.41. The van der Waals surface area contributed by atoms with Crippen molar-refractivity contribution in [3.8, 4) is 18.4 Å². The molecule has 0 aromatic heterocycles. The molecule has 1 aliphatic carbocycles. The lowest BCUT2D eigenvalue weighted by molar-refractivity contribution is -0.0530. The molecule has 1 aliphatic rings. The van der Waals surface area contributed by atoms with Crippen LogP contribution in [-0.4, -0.2) is 5.11 Å². The van der Waals surface area contributed by atoms with Gasteiger partial charge in [0.15, 0.2) is 5.60 Å². The van der Waals surface area contributed by atoms with Crippen LogP contribution in [0.1, 0.15) is 24.8 Å². The Bertz CT molecular complexity index is 505. The van der Waals surface area contributed by atoms with Gasteiger partial charge in [0.05, 0.1) is 6.07 Å². The fourth-order valence-electron chi connectivity index (χ4n) is 2.27. The van der Waals surface area contributed by atoms with Crippen molar-refractivity contribution in [3.63, 3.8) is 0 Å². The molecule has 2 rings (SSSR count). The van der Waals surface area contributed by atoms with Gasteiger partial charge in [0.2, 0.25) is 0 Å². The SMILES string of the molecule is C#C[C@@](O)(c1ccc(F)cc1)C1(C#N)CCC1. The van der Waals surface area contributed by atoms with Crippen molar-refractivity contribution in [2.45, 2.75) is 24.9 Å². The molecule has 1 N–H and O–H groups in total. The molecule has 1 aromatic rings. The summed E-state index contributed by atoms with van der Waals surface area (Å²) in [5.41, 5.74) is -2.16. The molecule has 1 atom stereocenters. The zero-order chi connectivity index (χ0) is 12.5. The average Bonchev–Trinajstić information content (AvgIpc) is 2.28. The standard InChI is InChI=1S/C14H12FNO/c1-2-14(17,13(10-16)8-3-9-13)11-4-6-12(15)7-5-11/h1,4-7,17H,3,8-9H2/t14-/m1/s1. The van der Waals surface area contributed by atoms with Gasteiger partial charge in [0.1, 0.15) is 11.2 Å². The first-order valence-corrected chi connectivity index (χ1v) is 5.45. The largest absolute Gasteiger partial charge is 0.372 e. The van der Waals surface area contributed by atoms with Gasteiger partial charge in [-0.05, 0) is 37.0 Å². The molecule has 0 radical (unpaired) electrons. The van der Waals surface area contributed by atoms with Crippen LogP contribution in [0.15, 0.2) is 24.3 Å². The number of nitriles is 1. The van der Waals surface area contributed by atoms with Gasteiger partial charge in [-0.15, -0.1) is 6.42 Å². The van der Waals surface area contributed by atoms with Crippen LogP contribution in [0.2, 0.25) is 0 Å². The molecule has 3 heteroatoms. The summed E-state index contributed by atoms with van der Waals surface area (Å²) < 4.78 is 12.9. The van der Waals surface area contributed by atoms with Crippen LogP contribution < -0.4 is 0 Å². The molecule has 0 spiro atoms.